The van der Waals surface area contributed by atoms with Gasteiger partial charge >= 0.3 is 7.12 Å². The molecule has 2 aromatic rings. The number of hydrogen-bond donors (Lipinski definition) is 4. The van der Waals surface area contributed by atoms with Crippen LogP contribution in [0.25, 0.3) is 0 Å². The molecule has 6 nitrogen and oxygen atoms in total. The van der Waals surface area contributed by atoms with E-state index >= 15 is 0 Å². The number of carbonyl (C=O) groups is 2. The number of hydrogen-bond acceptors (Lipinski definition) is 4. The van der Waals surface area contributed by atoms with E-state index in [0.29, 0.717) is 17.4 Å². The van der Waals surface area contributed by atoms with Gasteiger partial charge in [0.2, 0.25) is 5.91 Å². The molecule has 0 bridgehead atoms. The quantitative estimate of drug-likeness (QED) is 0.443. The fourth-order valence-corrected chi connectivity index (χ4v) is 3.59. The van der Waals surface area contributed by atoms with Crippen LogP contribution in [0.15, 0.2) is 48.5 Å². The zero-order chi connectivity index (χ0) is 21.7. The van der Waals surface area contributed by atoms with Gasteiger partial charge < -0.3 is 20.7 Å². The molecule has 2 unspecified atom stereocenters. The van der Waals surface area contributed by atoms with Crippen molar-refractivity contribution in [2.24, 2.45) is 5.92 Å². The summed E-state index contributed by atoms with van der Waals surface area (Å²) in [5.41, 5.74) is 1.00. The molecule has 0 heterocycles. The smallest absolute Gasteiger partial charge is 0.426 e. The minimum Gasteiger partial charge on any atom is -0.426 e. The lowest BCUT2D eigenvalue weighted by molar-refractivity contribution is -0.123. The molecule has 2 atom stereocenters. The summed E-state index contributed by atoms with van der Waals surface area (Å²) in [6.07, 6.45) is 2.73. The largest absolute Gasteiger partial charge is 0.475 e. The van der Waals surface area contributed by atoms with Gasteiger partial charge in [0.1, 0.15) is 6.04 Å². The van der Waals surface area contributed by atoms with E-state index in [2.05, 4.69) is 10.6 Å². The molecule has 1 saturated carbocycles. The molecule has 2 aromatic carbocycles. The predicted molar refractivity (Wildman–Crippen MR) is 117 cm³/mol. The standard InChI is InChI=1S/C21H23BCl2N2O4/c23-15-8-9-17(24)16(12-15)20(27)25-18(10-13-4-2-1-3-5-13)21(28)26-19(22(29)30)11-14-6-7-14/h1-5,8-9,12,14,18-19,29-30H,6-7,10-11H2,(H,25,27)(H,26,28). The van der Waals surface area contributed by atoms with Crippen LogP contribution in [0.2, 0.25) is 10.0 Å². The third kappa shape index (κ3) is 6.47. The van der Waals surface area contributed by atoms with Crippen LogP contribution in [0.3, 0.4) is 0 Å². The second kappa shape index (κ2) is 10.3. The average Bonchev–Trinajstić information content (AvgIpc) is 3.53. The number of halogens is 2. The van der Waals surface area contributed by atoms with E-state index in [0.717, 1.165) is 18.4 Å². The fraction of sp³-hybridized carbons (Fsp3) is 0.333. The van der Waals surface area contributed by atoms with Crippen molar-refractivity contribution in [3.8, 4) is 0 Å². The summed E-state index contributed by atoms with van der Waals surface area (Å²) < 4.78 is 0. The molecule has 0 aliphatic heterocycles. The van der Waals surface area contributed by atoms with Crippen molar-refractivity contribution in [1.82, 2.24) is 10.6 Å². The van der Waals surface area contributed by atoms with Gasteiger partial charge in [0.05, 0.1) is 16.5 Å². The van der Waals surface area contributed by atoms with Crippen molar-refractivity contribution in [1.29, 1.82) is 0 Å². The second-order valence-corrected chi connectivity index (χ2v) is 8.39. The minimum absolute atomic E-state index is 0.159. The van der Waals surface area contributed by atoms with Crippen LogP contribution in [-0.2, 0) is 11.2 Å². The molecule has 4 N–H and O–H groups in total. The lowest BCUT2D eigenvalue weighted by Gasteiger charge is -2.23. The predicted octanol–water partition coefficient (Wildman–Crippen LogP) is 2.63. The molecule has 0 aromatic heterocycles. The first-order chi connectivity index (χ1) is 14.3. The van der Waals surface area contributed by atoms with Crippen LogP contribution in [-0.4, -0.2) is 41.0 Å². The van der Waals surface area contributed by atoms with Gasteiger partial charge in [0.25, 0.3) is 5.91 Å². The van der Waals surface area contributed by atoms with Crippen molar-refractivity contribution in [3.63, 3.8) is 0 Å². The molecular formula is C21H23BCl2N2O4. The van der Waals surface area contributed by atoms with Crippen LogP contribution >= 0.6 is 23.2 Å². The topological polar surface area (TPSA) is 98.7 Å². The zero-order valence-electron chi connectivity index (χ0n) is 16.2. The van der Waals surface area contributed by atoms with Gasteiger partial charge in [-0.15, -0.1) is 0 Å². The molecular weight excluding hydrogens is 426 g/mol. The van der Waals surface area contributed by atoms with Gasteiger partial charge in [-0.1, -0.05) is 66.4 Å². The van der Waals surface area contributed by atoms with Crippen molar-refractivity contribution >= 4 is 42.1 Å². The van der Waals surface area contributed by atoms with Crippen molar-refractivity contribution < 1.29 is 19.6 Å². The van der Waals surface area contributed by atoms with E-state index < -0.39 is 30.9 Å². The Morgan fingerprint density at radius 2 is 1.77 bits per heavy atom. The Morgan fingerprint density at radius 3 is 2.40 bits per heavy atom. The van der Waals surface area contributed by atoms with Crippen LogP contribution in [0.4, 0.5) is 0 Å². The van der Waals surface area contributed by atoms with Gasteiger partial charge in [-0.2, -0.15) is 0 Å². The second-order valence-electron chi connectivity index (χ2n) is 7.55. The maximum absolute atomic E-state index is 13.0. The van der Waals surface area contributed by atoms with Gasteiger partial charge in [-0.05, 0) is 36.1 Å². The first-order valence-electron chi connectivity index (χ1n) is 9.80. The van der Waals surface area contributed by atoms with E-state index in [1.807, 2.05) is 30.3 Å². The van der Waals surface area contributed by atoms with E-state index in [9.17, 15) is 19.6 Å². The molecule has 0 spiro atoms. The third-order valence-corrected chi connectivity index (χ3v) is 5.61. The van der Waals surface area contributed by atoms with Gasteiger partial charge in [0.15, 0.2) is 0 Å². The lowest BCUT2D eigenvalue weighted by atomic mass is 9.76. The first-order valence-corrected chi connectivity index (χ1v) is 10.6. The number of amides is 2. The molecule has 158 valence electrons. The summed E-state index contributed by atoms with van der Waals surface area (Å²) in [6, 6.07) is 12.8. The fourth-order valence-electron chi connectivity index (χ4n) is 3.22. The van der Waals surface area contributed by atoms with Crippen LogP contribution in [0.5, 0.6) is 0 Å². The summed E-state index contributed by atoms with van der Waals surface area (Å²) >= 11 is 12.1. The number of carbonyl (C=O) groups excluding carboxylic acids is 2. The molecule has 3 rings (SSSR count). The molecule has 0 radical (unpaired) electrons. The molecule has 9 heteroatoms. The van der Waals surface area contributed by atoms with Crippen molar-refractivity contribution in [3.05, 3.63) is 69.7 Å². The molecule has 1 aliphatic carbocycles. The highest BCUT2D eigenvalue weighted by atomic mass is 35.5. The maximum Gasteiger partial charge on any atom is 0.475 e. The van der Waals surface area contributed by atoms with Crippen molar-refractivity contribution in [2.45, 2.75) is 37.7 Å². The summed E-state index contributed by atoms with van der Waals surface area (Å²) in [6.45, 7) is 0. The molecule has 1 aliphatic rings. The van der Waals surface area contributed by atoms with Crippen molar-refractivity contribution in [2.75, 3.05) is 0 Å². The summed E-state index contributed by atoms with van der Waals surface area (Å²) in [4.78, 5) is 25.8. The molecule has 2 amide bonds. The highest BCUT2D eigenvalue weighted by Crippen LogP contribution is 2.33. The van der Waals surface area contributed by atoms with E-state index in [-0.39, 0.29) is 17.0 Å². The lowest BCUT2D eigenvalue weighted by Crippen LogP contribution is -2.54. The van der Waals surface area contributed by atoms with E-state index in [1.54, 1.807) is 6.07 Å². The molecule has 1 fully saturated rings. The summed E-state index contributed by atoms with van der Waals surface area (Å²) in [5.74, 6) is -1.45. The molecule has 30 heavy (non-hydrogen) atoms. The Kier molecular flexibility index (Phi) is 7.78. The monoisotopic (exact) mass is 448 g/mol. The third-order valence-electron chi connectivity index (χ3n) is 5.05. The minimum atomic E-state index is -1.68. The Labute approximate surface area is 185 Å². The van der Waals surface area contributed by atoms with Gasteiger partial charge in [-0.25, -0.2) is 0 Å². The van der Waals surface area contributed by atoms with E-state index in [4.69, 9.17) is 23.2 Å². The number of benzene rings is 2. The Balaban J connectivity index is 1.77. The van der Waals surface area contributed by atoms with Crippen LogP contribution < -0.4 is 10.6 Å². The maximum atomic E-state index is 13.0. The van der Waals surface area contributed by atoms with Crippen LogP contribution in [0.1, 0.15) is 35.2 Å². The van der Waals surface area contributed by atoms with Gasteiger partial charge in [0, 0.05) is 11.4 Å². The Bertz CT molecular complexity index is 894. The average molecular weight is 449 g/mol. The normalized spacial score (nSPS) is 15.2. The number of rotatable bonds is 9. The zero-order valence-corrected chi connectivity index (χ0v) is 17.7. The van der Waals surface area contributed by atoms with E-state index in [1.165, 1.54) is 12.1 Å². The molecule has 0 saturated heterocycles. The highest BCUT2D eigenvalue weighted by Gasteiger charge is 2.34. The number of nitrogens with one attached hydrogen (secondary N) is 2. The highest BCUT2D eigenvalue weighted by molar-refractivity contribution is 6.43. The Morgan fingerprint density at radius 1 is 1.07 bits per heavy atom. The van der Waals surface area contributed by atoms with Crippen LogP contribution in [0, 0.1) is 5.92 Å². The summed E-state index contributed by atoms with van der Waals surface area (Å²) in [7, 11) is -1.68. The van der Waals surface area contributed by atoms with Gasteiger partial charge in [-0.3, -0.25) is 9.59 Å². The Hall–Kier alpha value is -2.06. The summed E-state index contributed by atoms with van der Waals surface area (Å²) in [5, 5.41) is 25.3. The SMILES string of the molecule is O=C(NC(Cc1ccccc1)C(=O)NC(CC1CC1)B(O)O)c1cc(Cl)ccc1Cl. The first kappa shape index (κ1) is 22.6.